The Morgan fingerprint density at radius 3 is 1.42 bits per heavy atom. The summed E-state index contributed by atoms with van der Waals surface area (Å²) < 4.78 is 2.43. The van der Waals surface area contributed by atoms with Gasteiger partial charge in [0.1, 0.15) is 0 Å². The molecule has 1 aliphatic rings. The summed E-state index contributed by atoms with van der Waals surface area (Å²) in [5.41, 5.74) is 14.4. The summed E-state index contributed by atoms with van der Waals surface area (Å²) in [5, 5.41) is 7.48. The predicted octanol–water partition coefficient (Wildman–Crippen LogP) is 16.0. The zero-order chi connectivity index (χ0) is 38.9. The van der Waals surface area contributed by atoms with Crippen molar-refractivity contribution in [3.8, 4) is 39.1 Å². The first-order valence-electron chi connectivity index (χ1n) is 20.2. The molecule has 2 nitrogen and oxygen atoms in total. The second-order valence-electron chi connectivity index (χ2n) is 15.4. The largest absolute Gasteiger partial charge is 0.309 e. The molecule has 0 aliphatic carbocycles. The number of hydrogen-bond acceptors (Lipinski definition) is 2. The lowest BCUT2D eigenvalue weighted by atomic mass is 10.0. The maximum Gasteiger partial charge on any atom is 0.0608 e. The van der Waals surface area contributed by atoms with Crippen LogP contribution in [0.1, 0.15) is 0 Å². The molecule has 0 amide bonds. The first-order valence-corrected chi connectivity index (χ1v) is 21.0. The Bertz CT molecular complexity index is 3390. The van der Waals surface area contributed by atoms with Gasteiger partial charge in [-0.25, -0.2) is 0 Å². The molecule has 1 aromatic heterocycles. The minimum atomic E-state index is 1.15. The first kappa shape index (κ1) is 33.8. The Morgan fingerprint density at radius 2 is 0.763 bits per heavy atom. The van der Waals surface area contributed by atoms with Gasteiger partial charge in [0.05, 0.1) is 22.4 Å². The quantitative estimate of drug-likeness (QED) is 0.172. The summed E-state index contributed by atoms with van der Waals surface area (Å²) in [6, 6.07) is 80.1. The van der Waals surface area contributed by atoms with Gasteiger partial charge in [-0.2, -0.15) is 0 Å². The van der Waals surface area contributed by atoms with Crippen molar-refractivity contribution in [1.82, 2.24) is 4.57 Å². The van der Waals surface area contributed by atoms with Crippen LogP contribution in [0.5, 0.6) is 0 Å². The van der Waals surface area contributed by atoms with Gasteiger partial charge < -0.3 is 9.47 Å². The van der Waals surface area contributed by atoms with E-state index in [2.05, 4.69) is 228 Å². The van der Waals surface area contributed by atoms with Crippen LogP contribution in [-0.2, 0) is 0 Å². The molecule has 0 fully saturated rings. The van der Waals surface area contributed by atoms with E-state index in [1.807, 2.05) is 11.8 Å². The highest BCUT2D eigenvalue weighted by Crippen LogP contribution is 2.53. The monoisotopic (exact) mass is 768 g/mol. The summed E-state index contributed by atoms with van der Waals surface area (Å²) in [6.45, 7) is 0. The van der Waals surface area contributed by atoms with Crippen molar-refractivity contribution in [2.45, 2.75) is 9.79 Å². The van der Waals surface area contributed by atoms with E-state index < -0.39 is 0 Å². The summed E-state index contributed by atoms with van der Waals surface area (Å²) in [4.78, 5) is 4.94. The number of rotatable bonds is 5. The molecule has 0 unspecified atom stereocenters. The molecule has 0 saturated heterocycles. The van der Waals surface area contributed by atoms with Crippen LogP contribution in [0.4, 0.5) is 17.1 Å². The molecule has 0 radical (unpaired) electrons. The zero-order valence-corrected chi connectivity index (χ0v) is 32.9. The molecule has 0 atom stereocenters. The van der Waals surface area contributed by atoms with Crippen LogP contribution in [0.2, 0.25) is 0 Å². The fraction of sp³-hybridized carbons (Fsp3) is 0. The zero-order valence-electron chi connectivity index (χ0n) is 32.1. The second kappa shape index (κ2) is 13.7. The molecule has 10 aromatic carbocycles. The van der Waals surface area contributed by atoms with Gasteiger partial charge in [0.2, 0.25) is 0 Å². The van der Waals surface area contributed by atoms with Gasteiger partial charge in [0.25, 0.3) is 0 Å². The number of benzene rings is 10. The third-order valence-electron chi connectivity index (χ3n) is 11.9. The van der Waals surface area contributed by atoms with Gasteiger partial charge in [-0.05, 0) is 128 Å². The SMILES string of the molecule is c1ccc(-c2ccc(N3c4ccc(-c5ccc6c(c5)c5cc7ccccc7cc5n6-c5ccc(-c6ccccc6)cc5)cc4Sc4cc5ccccc5cc43)cc2)cc1. The molecule has 0 saturated carbocycles. The molecule has 0 bridgehead atoms. The average molecular weight is 769 g/mol. The van der Waals surface area contributed by atoms with E-state index in [0.717, 1.165) is 11.4 Å². The van der Waals surface area contributed by atoms with Gasteiger partial charge in [-0.1, -0.05) is 157 Å². The van der Waals surface area contributed by atoms with E-state index >= 15 is 0 Å². The van der Waals surface area contributed by atoms with Crippen molar-refractivity contribution in [1.29, 1.82) is 0 Å². The molecule has 276 valence electrons. The molecular formula is C56H36N2S. The molecule has 12 rings (SSSR count). The summed E-state index contributed by atoms with van der Waals surface area (Å²) in [6.07, 6.45) is 0. The smallest absolute Gasteiger partial charge is 0.0608 e. The highest BCUT2D eigenvalue weighted by atomic mass is 32.2. The van der Waals surface area contributed by atoms with Crippen LogP contribution >= 0.6 is 11.8 Å². The molecule has 1 aliphatic heterocycles. The maximum atomic E-state index is 2.44. The summed E-state index contributed by atoms with van der Waals surface area (Å²) >= 11 is 1.87. The number of hydrogen-bond donors (Lipinski definition) is 0. The fourth-order valence-corrected chi connectivity index (χ4v) is 10.1. The Morgan fingerprint density at radius 1 is 0.288 bits per heavy atom. The van der Waals surface area contributed by atoms with Crippen LogP contribution in [0.25, 0.3) is 82.4 Å². The highest BCUT2D eigenvalue weighted by Gasteiger charge is 2.26. The Kier molecular flexibility index (Phi) is 7.82. The van der Waals surface area contributed by atoms with Gasteiger partial charge >= 0.3 is 0 Å². The van der Waals surface area contributed by atoms with E-state index in [1.165, 1.54) is 97.9 Å². The maximum absolute atomic E-state index is 2.44. The van der Waals surface area contributed by atoms with Crippen LogP contribution in [-0.4, -0.2) is 4.57 Å². The number of anilines is 3. The topological polar surface area (TPSA) is 8.17 Å². The van der Waals surface area contributed by atoms with E-state index in [9.17, 15) is 0 Å². The van der Waals surface area contributed by atoms with Crippen molar-refractivity contribution < 1.29 is 0 Å². The fourth-order valence-electron chi connectivity index (χ4n) is 8.98. The van der Waals surface area contributed by atoms with E-state index in [4.69, 9.17) is 0 Å². The number of aromatic nitrogens is 1. The van der Waals surface area contributed by atoms with Crippen molar-refractivity contribution >= 4 is 72.2 Å². The molecule has 0 spiro atoms. The lowest BCUT2D eigenvalue weighted by molar-refractivity contribution is 1.17. The van der Waals surface area contributed by atoms with Crippen LogP contribution in [0.3, 0.4) is 0 Å². The van der Waals surface area contributed by atoms with Gasteiger partial charge in [0, 0.05) is 31.9 Å². The van der Waals surface area contributed by atoms with Crippen LogP contribution in [0.15, 0.2) is 228 Å². The third kappa shape index (κ3) is 5.73. The molecular weight excluding hydrogens is 733 g/mol. The molecule has 3 heteroatoms. The normalized spacial score (nSPS) is 12.3. The van der Waals surface area contributed by atoms with Crippen molar-refractivity contribution in [2.24, 2.45) is 0 Å². The highest BCUT2D eigenvalue weighted by molar-refractivity contribution is 7.99. The molecule has 59 heavy (non-hydrogen) atoms. The second-order valence-corrected chi connectivity index (χ2v) is 16.5. The summed E-state index contributed by atoms with van der Waals surface area (Å²) in [7, 11) is 0. The van der Waals surface area contributed by atoms with Gasteiger partial charge in [-0.3, -0.25) is 0 Å². The minimum absolute atomic E-state index is 1.15. The lowest BCUT2D eigenvalue weighted by Gasteiger charge is -2.33. The Hall–Kier alpha value is -7.33. The van der Waals surface area contributed by atoms with Crippen molar-refractivity contribution in [3.05, 3.63) is 218 Å². The van der Waals surface area contributed by atoms with Gasteiger partial charge in [-0.15, -0.1) is 0 Å². The van der Waals surface area contributed by atoms with Crippen LogP contribution < -0.4 is 4.90 Å². The Balaban J connectivity index is 0.992. The first-order chi connectivity index (χ1) is 29.2. The van der Waals surface area contributed by atoms with Crippen molar-refractivity contribution in [2.75, 3.05) is 4.90 Å². The molecule has 0 N–H and O–H groups in total. The molecule has 2 heterocycles. The Labute approximate surface area is 347 Å². The van der Waals surface area contributed by atoms with E-state index in [-0.39, 0.29) is 0 Å². The minimum Gasteiger partial charge on any atom is -0.309 e. The number of fused-ring (bicyclic) bond motifs is 7. The lowest BCUT2D eigenvalue weighted by Crippen LogP contribution is -2.15. The van der Waals surface area contributed by atoms with Crippen LogP contribution in [0, 0.1) is 0 Å². The van der Waals surface area contributed by atoms with E-state index in [0.29, 0.717) is 0 Å². The standard InChI is InChI=1S/C56H36N2S/c1-3-11-37(12-4-1)39-19-25-47(26-20-39)57-51-29-23-45(32-49(51)50-31-41-15-7-8-16-42(41)33-53(50)57)46-24-30-52-55(36-46)59-56-35-44-18-10-9-17-43(44)34-54(56)58(52)48-27-21-40(22-28-48)38-13-5-2-6-14-38/h1-36H. The predicted molar refractivity (Wildman–Crippen MR) is 251 cm³/mol. The summed E-state index contributed by atoms with van der Waals surface area (Å²) in [5.74, 6) is 0. The molecule has 11 aromatic rings. The van der Waals surface area contributed by atoms with E-state index in [1.54, 1.807) is 0 Å². The number of nitrogens with zero attached hydrogens (tertiary/aromatic N) is 2. The van der Waals surface area contributed by atoms with Crippen molar-refractivity contribution in [3.63, 3.8) is 0 Å². The third-order valence-corrected chi connectivity index (χ3v) is 13.0. The van der Waals surface area contributed by atoms with Gasteiger partial charge in [0.15, 0.2) is 0 Å². The average Bonchev–Trinajstić information content (AvgIpc) is 3.62.